The smallest absolute Gasteiger partial charge is 0.331 e. The number of nitro groups is 2. The molecule has 0 aliphatic carbocycles. The predicted octanol–water partition coefficient (Wildman–Crippen LogP) is 2.85. The van der Waals surface area contributed by atoms with Crippen LogP contribution >= 0.6 is 34.9 Å². The summed E-state index contributed by atoms with van der Waals surface area (Å²) in [5.74, 6) is 0. The van der Waals surface area contributed by atoms with Crippen LogP contribution in [-0.4, -0.2) is 20.7 Å². The fourth-order valence-electron chi connectivity index (χ4n) is 1.62. The van der Waals surface area contributed by atoms with Crippen molar-refractivity contribution in [2.24, 2.45) is 10.8 Å². The van der Waals surface area contributed by atoms with Gasteiger partial charge in [0.25, 0.3) is 5.69 Å². The number of thiophene rings is 2. The van der Waals surface area contributed by atoms with Crippen LogP contribution in [0.4, 0.5) is 10.7 Å². The van der Waals surface area contributed by atoms with Crippen molar-refractivity contribution in [3.05, 3.63) is 43.3 Å². The first-order chi connectivity index (χ1) is 10.8. The second-order valence-corrected chi connectivity index (χ2v) is 6.70. The van der Waals surface area contributed by atoms with Crippen molar-refractivity contribution in [3.63, 3.8) is 0 Å². The molecule has 0 saturated carbocycles. The van der Waals surface area contributed by atoms with Gasteiger partial charge in [0.05, 0.1) is 25.3 Å². The molecule has 0 aromatic carbocycles. The van der Waals surface area contributed by atoms with E-state index in [0.717, 1.165) is 22.3 Å². The Balaban J connectivity index is 2.40. The lowest BCUT2D eigenvalue weighted by Gasteiger charge is -1.98. The zero-order valence-corrected chi connectivity index (χ0v) is 14.0. The molecule has 0 aliphatic rings. The van der Waals surface area contributed by atoms with E-state index in [9.17, 15) is 20.2 Å². The molecule has 3 N–H and O–H groups in total. The Kier molecular flexibility index (Phi) is 4.98. The number of nitrogens with two attached hydrogens (primary N) is 1. The van der Waals surface area contributed by atoms with Crippen LogP contribution in [0.5, 0.6) is 0 Å². The van der Waals surface area contributed by atoms with Gasteiger partial charge >= 0.3 is 5.00 Å². The van der Waals surface area contributed by atoms with Gasteiger partial charge in [0, 0.05) is 0 Å². The molecule has 0 fully saturated rings. The van der Waals surface area contributed by atoms with Crippen molar-refractivity contribution >= 4 is 56.4 Å². The maximum atomic E-state index is 11.1. The summed E-state index contributed by atoms with van der Waals surface area (Å²) in [6, 6.07) is 4.34. The molecule has 2 heterocycles. The highest BCUT2D eigenvalue weighted by atomic mass is 32.1. The summed E-state index contributed by atoms with van der Waals surface area (Å²) in [5.41, 5.74) is 8.03. The molecule has 2 rings (SSSR count). The van der Waals surface area contributed by atoms with E-state index in [1.807, 2.05) is 0 Å². The molecule has 0 bridgehead atoms. The van der Waals surface area contributed by atoms with Gasteiger partial charge in [-0.15, -0.1) is 11.3 Å². The van der Waals surface area contributed by atoms with Crippen LogP contribution in [0.2, 0.25) is 0 Å². The summed E-state index contributed by atoms with van der Waals surface area (Å²) < 4.78 is 0. The second-order valence-electron chi connectivity index (χ2n) is 4.15. The summed E-state index contributed by atoms with van der Waals surface area (Å²) in [7, 11) is 0. The molecule has 2 aromatic rings. The first-order valence-corrected chi connectivity index (χ1v) is 7.96. The zero-order valence-electron chi connectivity index (χ0n) is 11.5. The highest BCUT2D eigenvalue weighted by molar-refractivity contribution is 7.80. The monoisotopic (exact) mass is 371 g/mol. The molecule has 0 unspecified atom stereocenters. The third kappa shape index (κ3) is 3.85. The lowest BCUT2D eigenvalue weighted by atomic mass is 10.3. The number of hydrogen-bond donors (Lipinski definition) is 2. The molecule has 0 spiro atoms. The fourth-order valence-corrected chi connectivity index (χ4v) is 3.68. The van der Waals surface area contributed by atoms with Crippen molar-refractivity contribution in [2.75, 3.05) is 0 Å². The van der Waals surface area contributed by atoms with Crippen LogP contribution in [-0.2, 0) is 0 Å². The third-order valence-electron chi connectivity index (χ3n) is 2.60. The largest absolute Gasteiger partial charge is 0.375 e. The Morgan fingerprint density at radius 1 is 1.30 bits per heavy atom. The average Bonchev–Trinajstić information content (AvgIpc) is 3.10. The Bertz CT molecular complexity index is 825. The van der Waals surface area contributed by atoms with Crippen molar-refractivity contribution in [1.29, 1.82) is 0 Å². The number of hydrogen-bond acceptors (Lipinski definition) is 8. The molecule has 0 aliphatic heterocycles. The molecule has 0 saturated heterocycles. The highest BCUT2D eigenvalue weighted by Gasteiger charge is 2.27. The van der Waals surface area contributed by atoms with Gasteiger partial charge in [0.2, 0.25) is 0 Å². The topological polar surface area (TPSA) is 137 Å². The van der Waals surface area contributed by atoms with E-state index in [-0.39, 0.29) is 20.7 Å². The molecular weight excluding hydrogens is 362 g/mol. The van der Waals surface area contributed by atoms with Gasteiger partial charge in [0.1, 0.15) is 10.9 Å². The van der Waals surface area contributed by atoms with E-state index in [4.69, 9.17) is 5.73 Å². The van der Waals surface area contributed by atoms with Crippen molar-refractivity contribution in [3.8, 4) is 9.75 Å². The highest BCUT2D eigenvalue weighted by Crippen LogP contribution is 2.44. The maximum Gasteiger partial charge on any atom is 0.331 e. The number of thiocarbonyl (C=S) groups is 1. The van der Waals surface area contributed by atoms with Crippen LogP contribution in [0.25, 0.3) is 9.75 Å². The summed E-state index contributed by atoms with van der Waals surface area (Å²) in [5, 5.41) is 25.6. The van der Waals surface area contributed by atoms with Gasteiger partial charge in [-0.2, -0.15) is 5.10 Å². The molecule has 120 valence electrons. The van der Waals surface area contributed by atoms with Gasteiger partial charge in [-0.1, -0.05) is 11.3 Å². The van der Waals surface area contributed by atoms with Gasteiger partial charge < -0.3 is 5.73 Å². The molecular formula is C11H9N5O4S3. The Labute approximate surface area is 142 Å². The minimum Gasteiger partial charge on any atom is -0.375 e. The van der Waals surface area contributed by atoms with Crippen LogP contribution in [0, 0.1) is 20.2 Å². The summed E-state index contributed by atoms with van der Waals surface area (Å²) >= 11 is 6.64. The first kappa shape index (κ1) is 16.9. The Hall–Kier alpha value is -2.44. The van der Waals surface area contributed by atoms with E-state index in [2.05, 4.69) is 22.7 Å². The minimum atomic E-state index is -0.644. The normalized spacial score (nSPS) is 11.3. The van der Waals surface area contributed by atoms with Crippen LogP contribution < -0.4 is 11.2 Å². The lowest BCUT2D eigenvalue weighted by molar-refractivity contribution is -0.389. The summed E-state index contributed by atoms with van der Waals surface area (Å²) in [4.78, 5) is 22.2. The Morgan fingerprint density at radius 2 is 2.00 bits per heavy atom. The maximum absolute atomic E-state index is 11.1. The van der Waals surface area contributed by atoms with E-state index >= 15 is 0 Å². The standard InChI is InChI=1S/C11H9N5O4S3/c1-5(13-14-11(12)21)7-2-3-8(22-7)10-6(15(17)18)4-9(23-10)16(19)20/h2-4H,1H3,(H3,12,14,21)/b13-5+. The van der Waals surface area contributed by atoms with E-state index in [1.165, 1.54) is 11.3 Å². The van der Waals surface area contributed by atoms with E-state index in [1.54, 1.807) is 19.1 Å². The fraction of sp³-hybridized carbons (Fsp3) is 0.0909. The number of nitrogens with zero attached hydrogens (tertiary/aromatic N) is 3. The lowest BCUT2D eigenvalue weighted by Crippen LogP contribution is -2.25. The molecule has 9 nitrogen and oxygen atoms in total. The Morgan fingerprint density at radius 3 is 2.57 bits per heavy atom. The molecule has 0 amide bonds. The number of nitrogens with one attached hydrogen (secondary N) is 1. The van der Waals surface area contributed by atoms with Crippen molar-refractivity contribution in [2.45, 2.75) is 6.92 Å². The molecule has 12 heteroatoms. The average molecular weight is 371 g/mol. The summed E-state index contributed by atoms with van der Waals surface area (Å²) in [6.45, 7) is 1.71. The van der Waals surface area contributed by atoms with Crippen LogP contribution in [0.1, 0.15) is 11.8 Å². The number of rotatable bonds is 5. The molecule has 23 heavy (non-hydrogen) atoms. The first-order valence-electron chi connectivity index (χ1n) is 5.92. The van der Waals surface area contributed by atoms with Gasteiger partial charge in [-0.05, 0) is 31.3 Å². The molecule has 0 atom stereocenters. The summed E-state index contributed by atoms with van der Waals surface area (Å²) in [6.07, 6.45) is 0. The third-order valence-corrected chi connectivity index (χ3v) is 5.14. The van der Waals surface area contributed by atoms with Gasteiger partial charge in [0.15, 0.2) is 5.11 Å². The van der Waals surface area contributed by atoms with Crippen LogP contribution in [0.3, 0.4) is 0 Å². The second kappa shape index (κ2) is 6.76. The quantitative estimate of drug-likeness (QED) is 0.357. The van der Waals surface area contributed by atoms with E-state index < -0.39 is 9.85 Å². The predicted molar refractivity (Wildman–Crippen MR) is 93.1 cm³/mol. The number of hydrazone groups is 1. The van der Waals surface area contributed by atoms with Crippen molar-refractivity contribution < 1.29 is 9.85 Å². The van der Waals surface area contributed by atoms with Crippen LogP contribution in [0.15, 0.2) is 23.3 Å². The minimum absolute atomic E-state index is 0.0191. The molecule has 0 radical (unpaired) electrons. The molecule has 2 aromatic heterocycles. The van der Waals surface area contributed by atoms with E-state index in [0.29, 0.717) is 10.6 Å². The zero-order chi connectivity index (χ0) is 17.1. The van der Waals surface area contributed by atoms with Gasteiger partial charge in [-0.25, -0.2) is 0 Å². The SMILES string of the molecule is C/C(=N\NC(N)=S)c1ccc(-c2sc([N+](=O)[O-])cc2[N+](=O)[O-])s1. The van der Waals surface area contributed by atoms with Gasteiger partial charge in [-0.3, -0.25) is 25.7 Å². The van der Waals surface area contributed by atoms with Crippen molar-refractivity contribution in [1.82, 2.24) is 5.43 Å².